The molecule has 184 valence electrons. The van der Waals surface area contributed by atoms with Gasteiger partial charge in [0.1, 0.15) is 18.1 Å². The van der Waals surface area contributed by atoms with Crippen molar-refractivity contribution < 1.29 is 34.2 Å². The molecule has 4 unspecified atom stereocenters. The van der Waals surface area contributed by atoms with Crippen LogP contribution in [-0.4, -0.2) is 81.8 Å². The zero-order valence-corrected chi connectivity index (χ0v) is 20.2. The Balaban J connectivity index is 5.43. The molecule has 0 rings (SSSR count). The predicted molar refractivity (Wildman–Crippen MR) is 125 cm³/mol. The minimum Gasteiger partial charge on any atom is -0.481 e. The van der Waals surface area contributed by atoms with Crippen LogP contribution in [0.2, 0.25) is 0 Å². The van der Waals surface area contributed by atoms with E-state index in [-0.39, 0.29) is 30.9 Å². The molecule has 0 fully saturated rings. The lowest BCUT2D eigenvalue weighted by atomic mass is 10.0. The second-order valence-electron chi connectivity index (χ2n) is 7.65. The molecule has 3 amide bonds. The molecule has 0 heterocycles. The molecule has 0 aromatic carbocycles. The van der Waals surface area contributed by atoms with Gasteiger partial charge in [-0.3, -0.25) is 19.2 Å². The Labute approximate surface area is 197 Å². The number of nitrogens with one attached hydrogen (secondary N) is 3. The molecule has 0 bridgehead atoms. The SMILES string of the molecule is CSCCC(N)C(=O)NC(CCC(=O)O)C(=O)NC(CC(C)C)C(=O)NC(CS)C(=O)O. The number of carboxylic acid groups (broad SMARTS) is 2. The summed E-state index contributed by atoms with van der Waals surface area (Å²) in [7, 11) is 0. The Bertz CT molecular complexity index is 664. The van der Waals surface area contributed by atoms with E-state index < -0.39 is 53.8 Å². The van der Waals surface area contributed by atoms with Gasteiger partial charge in [0.25, 0.3) is 0 Å². The third-order valence-corrected chi connectivity index (χ3v) is 5.40. The van der Waals surface area contributed by atoms with Crippen molar-refractivity contribution in [3.8, 4) is 0 Å². The van der Waals surface area contributed by atoms with E-state index in [4.69, 9.17) is 15.9 Å². The molecule has 11 nitrogen and oxygen atoms in total. The van der Waals surface area contributed by atoms with Crippen molar-refractivity contribution in [2.75, 3.05) is 17.8 Å². The molecule has 0 aliphatic rings. The number of carbonyl (C=O) groups excluding carboxylic acids is 3. The first kappa shape index (κ1) is 30.0. The van der Waals surface area contributed by atoms with Crippen LogP contribution < -0.4 is 21.7 Å². The number of rotatable bonds is 16. The molecule has 0 spiro atoms. The van der Waals surface area contributed by atoms with Crippen LogP contribution in [0.3, 0.4) is 0 Å². The van der Waals surface area contributed by atoms with E-state index in [1.807, 2.05) is 20.1 Å². The number of thiol groups is 1. The van der Waals surface area contributed by atoms with Crippen molar-refractivity contribution in [1.82, 2.24) is 16.0 Å². The van der Waals surface area contributed by atoms with Gasteiger partial charge in [0.15, 0.2) is 0 Å². The molecule has 0 aromatic rings. The number of aliphatic carboxylic acids is 2. The Morgan fingerprint density at radius 3 is 1.91 bits per heavy atom. The third-order valence-electron chi connectivity index (χ3n) is 4.39. The average molecular weight is 495 g/mol. The summed E-state index contributed by atoms with van der Waals surface area (Å²) in [4.78, 5) is 59.9. The number of thioether (sulfide) groups is 1. The highest BCUT2D eigenvalue weighted by Crippen LogP contribution is 2.08. The second-order valence-corrected chi connectivity index (χ2v) is 9.01. The lowest BCUT2D eigenvalue weighted by Gasteiger charge is -2.25. The van der Waals surface area contributed by atoms with Crippen LogP contribution in [0.15, 0.2) is 0 Å². The van der Waals surface area contributed by atoms with Crippen molar-refractivity contribution >= 4 is 54.1 Å². The van der Waals surface area contributed by atoms with E-state index >= 15 is 0 Å². The normalized spacial score (nSPS) is 14.7. The summed E-state index contributed by atoms with van der Waals surface area (Å²) in [5.74, 6) is -4.04. The van der Waals surface area contributed by atoms with Crippen molar-refractivity contribution in [1.29, 1.82) is 0 Å². The monoisotopic (exact) mass is 494 g/mol. The standard InChI is InChI=1S/C19H34N4O7S2/c1-10(2)8-13(18(28)23-14(9-31)19(29)30)22-17(27)12(4-5-15(24)25)21-16(26)11(20)6-7-32-3/h10-14,31H,4-9,20H2,1-3H3,(H,21,26)(H,22,27)(H,23,28)(H,24,25)(H,29,30). The van der Waals surface area contributed by atoms with Crippen molar-refractivity contribution in [2.24, 2.45) is 11.7 Å². The van der Waals surface area contributed by atoms with Gasteiger partial charge in [-0.1, -0.05) is 13.8 Å². The largest absolute Gasteiger partial charge is 0.481 e. The van der Waals surface area contributed by atoms with E-state index in [1.165, 1.54) is 11.8 Å². The first-order valence-electron chi connectivity index (χ1n) is 10.1. The number of carboxylic acids is 2. The van der Waals surface area contributed by atoms with Gasteiger partial charge in [0.2, 0.25) is 17.7 Å². The zero-order chi connectivity index (χ0) is 24.8. The van der Waals surface area contributed by atoms with E-state index in [2.05, 4.69) is 28.6 Å². The van der Waals surface area contributed by atoms with Crippen molar-refractivity contribution in [3.05, 3.63) is 0 Å². The minimum atomic E-state index is -1.27. The highest BCUT2D eigenvalue weighted by Gasteiger charge is 2.30. The maximum atomic E-state index is 12.8. The Hall–Kier alpha value is -1.99. The van der Waals surface area contributed by atoms with Crippen LogP contribution in [0.5, 0.6) is 0 Å². The Morgan fingerprint density at radius 2 is 1.44 bits per heavy atom. The molecular weight excluding hydrogens is 460 g/mol. The lowest BCUT2D eigenvalue weighted by molar-refractivity contribution is -0.141. The van der Waals surface area contributed by atoms with Gasteiger partial charge >= 0.3 is 11.9 Å². The van der Waals surface area contributed by atoms with Gasteiger partial charge in [0, 0.05) is 12.2 Å². The van der Waals surface area contributed by atoms with Crippen molar-refractivity contribution in [2.45, 2.75) is 63.7 Å². The fraction of sp³-hybridized carbons (Fsp3) is 0.737. The number of nitrogens with two attached hydrogens (primary N) is 1. The Kier molecular flexibility index (Phi) is 14.8. The average Bonchev–Trinajstić information content (AvgIpc) is 2.71. The van der Waals surface area contributed by atoms with Gasteiger partial charge in [-0.15, -0.1) is 0 Å². The summed E-state index contributed by atoms with van der Waals surface area (Å²) in [5.41, 5.74) is 5.82. The molecule has 0 aliphatic carbocycles. The molecule has 7 N–H and O–H groups in total. The smallest absolute Gasteiger partial charge is 0.327 e. The highest BCUT2D eigenvalue weighted by atomic mass is 32.2. The molecule has 0 saturated heterocycles. The van der Waals surface area contributed by atoms with E-state index in [0.717, 1.165) is 0 Å². The van der Waals surface area contributed by atoms with Crippen LogP contribution in [0.4, 0.5) is 0 Å². The van der Waals surface area contributed by atoms with E-state index in [9.17, 15) is 24.0 Å². The molecule has 0 aromatic heterocycles. The molecule has 4 atom stereocenters. The summed E-state index contributed by atoms with van der Waals surface area (Å²) in [6.07, 6.45) is 1.84. The van der Waals surface area contributed by atoms with Crippen LogP contribution in [0.1, 0.15) is 39.5 Å². The van der Waals surface area contributed by atoms with Crippen molar-refractivity contribution in [3.63, 3.8) is 0 Å². The first-order valence-corrected chi connectivity index (χ1v) is 12.2. The quantitative estimate of drug-likeness (QED) is 0.138. The maximum absolute atomic E-state index is 12.8. The summed E-state index contributed by atoms with van der Waals surface area (Å²) in [6.45, 7) is 3.63. The van der Waals surface area contributed by atoms with E-state index in [0.29, 0.717) is 12.2 Å². The topological polar surface area (TPSA) is 188 Å². The van der Waals surface area contributed by atoms with Crippen LogP contribution >= 0.6 is 24.4 Å². The van der Waals surface area contributed by atoms with Gasteiger partial charge in [-0.25, -0.2) is 4.79 Å². The summed E-state index contributed by atoms with van der Waals surface area (Å²) in [5, 5.41) is 25.4. The second kappa shape index (κ2) is 15.8. The molecule has 0 saturated carbocycles. The van der Waals surface area contributed by atoms with Gasteiger partial charge < -0.3 is 31.9 Å². The summed E-state index contributed by atoms with van der Waals surface area (Å²) >= 11 is 5.40. The highest BCUT2D eigenvalue weighted by molar-refractivity contribution is 7.98. The number of amides is 3. The number of hydrogen-bond donors (Lipinski definition) is 7. The van der Waals surface area contributed by atoms with Crippen LogP contribution in [-0.2, 0) is 24.0 Å². The fourth-order valence-corrected chi connectivity index (χ4v) is 3.36. The lowest BCUT2D eigenvalue weighted by Crippen LogP contribution is -2.57. The minimum absolute atomic E-state index is 0.0302. The number of hydrogen-bond acceptors (Lipinski definition) is 8. The van der Waals surface area contributed by atoms with Crippen LogP contribution in [0, 0.1) is 5.92 Å². The first-order chi connectivity index (χ1) is 14.9. The third kappa shape index (κ3) is 12.2. The molecule has 0 radical (unpaired) electrons. The molecule has 13 heteroatoms. The summed E-state index contributed by atoms with van der Waals surface area (Å²) in [6, 6.07) is -4.42. The van der Waals surface area contributed by atoms with Crippen LogP contribution in [0.25, 0.3) is 0 Å². The molecule has 32 heavy (non-hydrogen) atoms. The van der Waals surface area contributed by atoms with Gasteiger partial charge in [-0.2, -0.15) is 24.4 Å². The van der Waals surface area contributed by atoms with Gasteiger partial charge in [0.05, 0.1) is 6.04 Å². The van der Waals surface area contributed by atoms with Gasteiger partial charge in [-0.05, 0) is 37.2 Å². The predicted octanol–water partition coefficient (Wildman–Crippen LogP) is -0.553. The van der Waals surface area contributed by atoms with E-state index in [1.54, 1.807) is 0 Å². The Morgan fingerprint density at radius 1 is 0.906 bits per heavy atom. The summed E-state index contributed by atoms with van der Waals surface area (Å²) < 4.78 is 0. The zero-order valence-electron chi connectivity index (χ0n) is 18.5. The molecule has 0 aliphatic heterocycles. The number of carbonyl (C=O) groups is 5. The molecular formula is C19H34N4O7S2. The fourth-order valence-electron chi connectivity index (χ4n) is 2.62. The maximum Gasteiger partial charge on any atom is 0.327 e.